The van der Waals surface area contributed by atoms with E-state index < -0.39 is 20.2 Å². The van der Waals surface area contributed by atoms with Gasteiger partial charge in [-0.2, -0.15) is 16.8 Å². The van der Waals surface area contributed by atoms with Crippen LogP contribution in [0.4, 0.5) is 0 Å². The summed E-state index contributed by atoms with van der Waals surface area (Å²) >= 11 is 0. The number of rotatable bonds is 10. The summed E-state index contributed by atoms with van der Waals surface area (Å²) < 4.78 is 56.2. The Labute approximate surface area is 196 Å². The van der Waals surface area contributed by atoms with Crippen LogP contribution in [0, 0.1) is 5.41 Å². The molecule has 0 bridgehead atoms. The minimum Gasteiger partial charge on any atom is -0.382 e. The maximum absolute atomic E-state index is 13.3. The molecule has 180 valence electrons. The van der Waals surface area contributed by atoms with E-state index in [9.17, 15) is 21.6 Å². The van der Waals surface area contributed by atoms with Gasteiger partial charge >= 0.3 is 10.1 Å². The van der Waals surface area contributed by atoms with Crippen molar-refractivity contribution < 1.29 is 30.0 Å². The smallest absolute Gasteiger partial charge is 0.306 e. The zero-order chi connectivity index (χ0) is 24.3. The second-order valence-corrected chi connectivity index (χ2v) is 12.1. The Balaban J connectivity index is 1.95. The quantitative estimate of drug-likeness (QED) is 0.366. The standard InChI is InChI=1S/C24H30O7S2/c1-4-24(15-18-9-6-5-7-10-18)16-20-13-19(11-8-12-30-32(2,26)27)14-22(31-33(3,28)29)23(20)21(25)17-24/h5-7,9-10,13-14H,4,8,11-12,15-17H2,1-3H3. The summed E-state index contributed by atoms with van der Waals surface area (Å²) in [6.45, 7) is 2.09. The molecule has 0 aliphatic heterocycles. The van der Waals surface area contributed by atoms with E-state index in [0.29, 0.717) is 31.2 Å². The van der Waals surface area contributed by atoms with Crippen LogP contribution in [0.1, 0.15) is 53.2 Å². The first-order valence-corrected chi connectivity index (χ1v) is 14.5. The highest BCUT2D eigenvalue weighted by atomic mass is 32.2. The van der Waals surface area contributed by atoms with Gasteiger partial charge in [-0.1, -0.05) is 43.3 Å². The van der Waals surface area contributed by atoms with Crippen LogP contribution in [-0.2, 0) is 43.7 Å². The number of ketones is 1. The Morgan fingerprint density at radius 2 is 1.64 bits per heavy atom. The van der Waals surface area contributed by atoms with Crippen LogP contribution in [0.25, 0.3) is 0 Å². The van der Waals surface area contributed by atoms with Gasteiger partial charge in [-0.05, 0) is 60.3 Å². The average Bonchev–Trinajstić information content (AvgIpc) is 2.69. The number of aryl methyl sites for hydroxylation is 1. The fourth-order valence-electron chi connectivity index (χ4n) is 4.48. The molecule has 0 amide bonds. The molecular formula is C24H30O7S2. The van der Waals surface area contributed by atoms with Crippen LogP contribution >= 0.6 is 0 Å². The average molecular weight is 495 g/mol. The van der Waals surface area contributed by atoms with E-state index in [2.05, 4.69) is 6.92 Å². The van der Waals surface area contributed by atoms with Gasteiger partial charge in [-0.15, -0.1) is 0 Å². The number of hydrogen-bond acceptors (Lipinski definition) is 7. The highest BCUT2D eigenvalue weighted by Crippen LogP contribution is 2.44. The van der Waals surface area contributed by atoms with Gasteiger partial charge in [0.15, 0.2) is 11.5 Å². The molecule has 0 spiro atoms. The van der Waals surface area contributed by atoms with Crippen LogP contribution in [0.2, 0.25) is 0 Å². The second kappa shape index (κ2) is 9.95. The summed E-state index contributed by atoms with van der Waals surface area (Å²) in [7, 11) is -7.36. The molecule has 1 atom stereocenters. The third-order valence-corrected chi connectivity index (χ3v) is 7.02. The van der Waals surface area contributed by atoms with Crippen LogP contribution < -0.4 is 4.18 Å². The van der Waals surface area contributed by atoms with Crippen molar-refractivity contribution in [1.29, 1.82) is 0 Å². The normalized spacial score (nSPS) is 18.7. The Hall–Kier alpha value is -2.23. The van der Waals surface area contributed by atoms with E-state index in [0.717, 1.165) is 42.0 Å². The van der Waals surface area contributed by atoms with E-state index >= 15 is 0 Å². The molecule has 0 saturated heterocycles. The number of benzene rings is 2. The molecule has 1 aliphatic rings. The highest BCUT2D eigenvalue weighted by molar-refractivity contribution is 7.86. The lowest BCUT2D eigenvalue weighted by molar-refractivity contribution is 0.0874. The summed E-state index contributed by atoms with van der Waals surface area (Å²) in [6, 6.07) is 13.5. The Kier molecular flexibility index (Phi) is 7.65. The number of hydrogen-bond donors (Lipinski definition) is 0. The van der Waals surface area contributed by atoms with Gasteiger partial charge in [0, 0.05) is 6.42 Å². The van der Waals surface area contributed by atoms with Crippen molar-refractivity contribution in [2.45, 2.75) is 45.4 Å². The summed E-state index contributed by atoms with van der Waals surface area (Å²) in [5, 5.41) is 0. The van der Waals surface area contributed by atoms with Crippen LogP contribution in [-0.4, -0.2) is 41.7 Å². The van der Waals surface area contributed by atoms with Crippen LogP contribution in [0.15, 0.2) is 42.5 Å². The predicted octanol–water partition coefficient (Wildman–Crippen LogP) is 3.70. The van der Waals surface area contributed by atoms with Gasteiger partial charge in [-0.3, -0.25) is 8.98 Å². The molecule has 1 unspecified atom stereocenters. The maximum atomic E-state index is 13.3. The van der Waals surface area contributed by atoms with Crippen molar-refractivity contribution in [3.8, 4) is 5.75 Å². The molecule has 7 nitrogen and oxygen atoms in total. The molecule has 0 radical (unpaired) electrons. The number of fused-ring (bicyclic) bond motifs is 1. The molecule has 2 aromatic rings. The van der Waals surface area contributed by atoms with Crippen LogP contribution in [0.3, 0.4) is 0 Å². The zero-order valence-electron chi connectivity index (χ0n) is 19.2. The Morgan fingerprint density at radius 1 is 0.939 bits per heavy atom. The molecular weight excluding hydrogens is 464 g/mol. The Morgan fingerprint density at radius 3 is 2.24 bits per heavy atom. The fraction of sp³-hybridized carbons (Fsp3) is 0.458. The third kappa shape index (κ3) is 7.12. The van der Waals surface area contributed by atoms with E-state index in [1.165, 1.54) is 0 Å². The molecule has 1 aliphatic carbocycles. The van der Waals surface area contributed by atoms with Crippen molar-refractivity contribution in [2.24, 2.45) is 5.41 Å². The van der Waals surface area contributed by atoms with Crippen molar-refractivity contribution in [3.63, 3.8) is 0 Å². The minimum atomic E-state index is -3.83. The molecule has 2 aromatic carbocycles. The molecule has 0 heterocycles. The van der Waals surface area contributed by atoms with Crippen molar-refractivity contribution in [1.82, 2.24) is 0 Å². The molecule has 9 heteroatoms. The largest absolute Gasteiger partial charge is 0.382 e. The summed E-state index contributed by atoms with van der Waals surface area (Å²) in [4.78, 5) is 13.3. The molecule has 3 rings (SSSR count). The lowest BCUT2D eigenvalue weighted by atomic mass is 9.66. The zero-order valence-corrected chi connectivity index (χ0v) is 20.8. The maximum Gasteiger partial charge on any atom is 0.306 e. The molecule has 0 N–H and O–H groups in total. The monoisotopic (exact) mass is 494 g/mol. The lowest BCUT2D eigenvalue weighted by Gasteiger charge is -2.37. The number of Topliss-reactive ketones (excluding diaryl/α,β-unsaturated/α-hetero) is 1. The first-order chi connectivity index (χ1) is 15.4. The summed E-state index contributed by atoms with van der Waals surface area (Å²) in [5.74, 6) is -0.0805. The van der Waals surface area contributed by atoms with Crippen molar-refractivity contribution >= 4 is 26.0 Å². The van der Waals surface area contributed by atoms with Gasteiger partial charge in [0.1, 0.15) is 0 Å². The molecule has 0 fully saturated rings. The summed E-state index contributed by atoms with van der Waals surface area (Å²) in [5.41, 5.74) is 2.74. The Bertz CT molecular complexity index is 1220. The van der Waals surface area contributed by atoms with Gasteiger partial charge in [0.05, 0.1) is 24.7 Å². The number of carbonyl (C=O) groups excluding carboxylic acids is 1. The van der Waals surface area contributed by atoms with Crippen molar-refractivity contribution in [2.75, 3.05) is 19.1 Å². The van der Waals surface area contributed by atoms with E-state index in [1.54, 1.807) is 6.07 Å². The van der Waals surface area contributed by atoms with E-state index in [1.807, 2.05) is 36.4 Å². The number of carbonyl (C=O) groups is 1. The van der Waals surface area contributed by atoms with E-state index in [4.69, 9.17) is 8.37 Å². The fourth-order valence-corrected chi connectivity index (χ4v) is 5.35. The topological polar surface area (TPSA) is 104 Å². The van der Waals surface area contributed by atoms with Gasteiger partial charge in [0.25, 0.3) is 10.1 Å². The highest BCUT2D eigenvalue weighted by Gasteiger charge is 2.39. The van der Waals surface area contributed by atoms with Crippen LogP contribution in [0.5, 0.6) is 5.75 Å². The first-order valence-electron chi connectivity index (χ1n) is 10.9. The van der Waals surface area contributed by atoms with Gasteiger partial charge in [-0.25, -0.2) is 0 Å². The SMILES string of the molecule is CCC1(Cc2ccccc2)CC(=O)c2c(cc(CCCOS(C)(=O)=O)cc2OS(C)(=O)=O)C1. The van der Waals surface area contributed by atoms with Gasteiger partial charge < -0.3 is 4.18 Å². The second-order valence-electron chi connectivity index (χ2n) is 8.84. The predicted molar refractivity (Wildman–Crippen MR) is 127 cm³/mol. The minimum absolute atomic E-state index is 0.0179. The first kappa shape index (κ1) is 25.4. The molecule has 33 heavy (non-hydrogen) atoms. The molecule has 0 aromatic heterocycles. The third-order valence-electron chi connectivity index (χ3n) is 5.94. The van der Waals surface area contributed by atoms with E-state index in [-0.39, 0.29) is 23.6 Å². The molecule has 0 saturated carbocycles. The lowest BCUT2D eigenvalue weighted by Crippen LogP contribution is -2.34. The summed E-state index contributed by atoms with van der Waals surface area (Å²) in [6.07, 6.45) is 5.28. The van der Waals surface area contributed by atoms with Gasteiger partial charge in [0.2, 0.25) is 0 Å². The van der Waals surface area contributed by atoms with Crippen molar-refractivity contribution in [3.05, 3.63) is 64.7 Å².